The Morgan fingerprint density at radius 3 is 3.22 bits per heavy atom. The second-order valence-electron chi connectivity index (χ2n) is 4.28. The zero-order chi connectivity index (χ0) is 12.7. The third-order valence-corrected chi connectivity index (χ3v) is 3.15. The largest absolute Gasteiger partial charge is 0.390 e. The summed E-state index contributed by atoms with van der Waals surface area (Å²) >= 11 is 0. The Morgan fingerprint density at radius 2 is 2.50 bits per heavy atom. The van der Waals surface area contributed by atoms with Gasteiger partial charge in [-0.25, -0.2) is 4.98 Å². The molecule has 0 unspecified atom stereocenters. The van der Waals surface area contributed by atoms with Crippen molar-refractivity contribution >= 4 is 11.2 Å². The van der Waals surface area contributed by atoms with Crippen molar-refractivity contribution in [1.29, 1.82) is 0 Å². The summed E-state index contributed by atoms with van der Waals surface area (Å²) in [6.45, 7) is 1.94. The Morgan fingerprint density at radius 1 is 1.67 bits per heavy atom. The fourth-order valence-electron chi connectivity index (χ4n) is 2.20. The summed E-state index contributed by atoms with van der Waals surface area (Å²) in [5.41, 5.74) is 0.208. The average Bonchev–Trinajstić information content (AvgIpc) is 2.93. The van der Waals surface area contributed by atoms with Crippen molar-refractivity contribution in [2.75, 3.05) is 0 Å². The van der Waals surface area contributed by atoms with Crippen molar-refractivity contribution < 1.29 is 9.84 Å². The molecule has 2 N–H and O–H groups in total. The smallest absolute Gasteiger partial charge is 0.280 e. The van der Waals surface area contributed by atoms with Gasteiger partial charge in [0.25, 0.3) is 5.56 Å². The third kappa shape index (κ3) is 1.61. The van der Waals surface area contributed by atoms with Gasteiger partial charge in [0.1, 0.15) is 0 Å². The quantitative estimate of drug-likeness (QED) is 0.750. The number of H-pyrrole nitrogens is 1. The predicted octanol–water partition coefficient (Wildman–Crippen LogP) is -0.427. The van der Waals surface area contributed by atoms with E-state index in [0.717, 1.165) is 6.42 Å². The number of aromatic amines is 1. The first-order valence-electron chi connectivity index (χ1n) is 5.82. The lowest BCUT2D eigenvalue weighted by atomic mass is 10.1. The van der Waals surface area contributed by atoms with E-state index in [9.17, 15) is 9.90 Å². The highest BCUT2D eigenvalue weighted by atomic mass is 16.5. The van der Waals surface area contributed by atoms with Gasteiger partial charge in [-0.15, -0.1) is 5.10 Å². The Labute approximate surface area is 102 Å². The molecule has 0 radical (unpaired) electrons. The lowest BCUT2D eigenvalue weighted by molar-refractivity contribution is -0.0239. The van der Waals surface area contributed by atoms with Gasteiger partial charge in [0.2, 0.25) is 0 Å². The van der Waals surface area contributed by atoms with Gasteiger partial charge in [-0.2, -0.15) is 4.68 Å². The molecule has 1 fully saturated rings. The summed E-state index contributed by atoms with van der Waals surface area (Å²) in [6, 6.07) is 0. The summed E-state index contributed by atoms with van der Waals surface area (Å²) in [5, 5.41) is 17.5. The first-order chi connectivity index (χ1) is 8.70. The van der Waals surface area contributed by atoms with Crippen molar-refractivity contribution in [1.82, 2.24) is 25.0 Å². The van der Waals surface area contributed by atoms with Crippen LogP contribution in [0.4, 0.5) is 0 Å². The fourth-order valence-corrected chi connectivity index (χ4v) is 2.20. The maximum absolute atomic E-state index is 11.5. The van der Waals surface area contributed by atoms with Crippen LogP contribution in [0.5, 0.6) is 0 Å². The van der Waals surface area contributed by atoms with Crippen LogP contribution in [0.25, 0.3) is 11.2 Å². The molecule has 0 saturated carbocycles. The zero-order valence-electron chi connectivity index (χ0n) is 9.78. The number of rotatable bonds is 2. The van der Waals surface area contributed by atoms with E-state index in [2.05, 4.69) is 20.3 Å². The van der Waals surface area contributed by atoms with Crippen LogP contribution in [-0.2, 0) is 4.74 Å². The van der Waals surface area contributed by atoms with E-state index in [4.69, 9.17) is 4.74 Å². The number of nitrogens with one attached hydrogen (secondary N) is 1. The van der Waals surface area contributed by atoms with Crippen molar-refractivity contribution in [2.24, 2.45) is 0 Å². The van der Waals surface area contributed by atoms with Crippen LogP contribution in [0.1, 0.15) is 26.0 Å². The predicted molar refractivity (Wildman–Crippen MR) is 60.8 cm³/mol. The van der Waals surface area contributed by atoms with Crippen LogP contribution in [0.15, 0.2) is 11.1 Å². The minimum Gasteiger partial charge on any atom is -0.390 e. The summed E-state index contributed by atoms with van der Waals surface area (Å²) in [5.74, 6) is 0. The van der Waals surface area contributed by atoms with E-state index in [1.165, 1.54) is 11.0 Å². The molecule has 1 saturated heterocycles. The van der Waals surface area contributed by atoms with E-state index in [1.807, 2.05) is 6.92 Å². The first kappa shape index (κ1) is 11.3. The highest BCUT2D eigenvalue weighted by molar-refractivity contribution is 5.67. The standard InChI is InChI=1S/C10H13N5O3/c1-2-6-5(16)3-7(18-6)15-9-8(13-14-15)10(17)12-4-11-9/h4-7,16H,2-3H2,1H3,(H,11,12,17)/t5-,6+,7+/m0/s1. The van der Waals surface area contributed by atoms with E-state index in [1.54, 1.807) is 0 Å². The summed E-state index contributed by atoms with van der Waals surface area (Å²) < 4.78 is 7.12. The minimum atomic E-state index is -0.527. The molecule has 0 bridgehead atoms. The zero-order valence-corrected chi connectivity index (χ0v) is 9.78. The lowest BCUT2D eigenvalue weighted by Crippen LogP contribution is -2.19. The number of hydrogen-bond donors (Lipinski definition) is 2. The van der Waals surface area contributed by atoms with Gasteiger partial charge >= 0.3 is 0 Å². The van der Waals surface area contributed by atoms with Gasteiger partial charge in [0, 0.05) is 6.42 Å². The molecule has 0 spiro atoms. The molecular weight excluding hydrogens is 238 g/mol. The van der Waals surface area contributed by atoms with Crippen molar-refractivity contribution in [2.45, 2.75) is 38.2 Å². The van der Waals surface area contributed by atoms with Crippen LogP contribution in [-0.4, -0.2) is 42.3 Å². The Kier molecular flexibility index (Phi) is 2.60. The van der Waals surface area contributed by atoms with Crippen LogP contribution >= 0.6 is 0 Å². The van der Waals surface area contributed by atoms with Crippen molar-refractivity contribution in [3.05, 3.63) is 16.7 Å². The second kappa shape index (κ2) is 4.14. The number of aromatic nitrogens is 5. The van der Waals surface area contributed by atoms with Gasteiger partial charge in [0.05, 0.1) is 18.5 Å². The molecule has 3 rings (SSSR count). The van der Waals surface area contributed by atoms with Gasteiger partial charge in [-0.05, 0) is 6.42 Å². The maximum Gasteiger partial charge on any atom is 0.280 e. The molecule has 8 heteroatoms. The van der Waals surface area contributed by atoms with Crippen LogP contribution in [0.3, 0.4) is 0 Å². The summed E-state index contributed by atoms with van der Waals surface area (Å²) in [7, 11) is 0. The minimum absolute atomic E-state index is 0.176. The number of fused-ring (bicyclic) bond motifs is 1. The molecule has 18 heavy (non-hydrogen) atoms. The SMILES string of the molecule is CC[C@H]1O[C@@H](n2nnc3c(=O)[nH]cnc32)C[C@@H]1O. The molecule has 3 atom stereocenters. The van der Waals surface area contributed by atoms with E-state index < -0.39 is 12.3 Å². The highest BCUT2D eigenvalue weighted by Crippen LogP contribution is 2.30. The molecule has 0 aliphatic carbocycles. The van der Waals surface area contributed by atoms with Gasteiger partial charge in [-0.1, -0.05) is 12.1 Å². The van der Waals surface area contributed by atoms with Gasteiger partial charge in [0.15, 0.2) is 17.4 Å². The number of aliphatic hydroxyl groups excluding tert-OH is 1. The molecule has 96 valence electrons. The van der Waals surface area contributed by atoms with Crippen molar-refractivity contribution in [3.63, 3.8) is 0 Å². The number of aliphatic hydroxyl groups is 1. The normalized spacial score (nSPS) is 28.0. The highest BCUT2D eigenvalue weighted by Gasteiger charge is 2.35. The Balaban J connectivity index is 2.01. The monoisotopic (exact) mass is 251 g/mol. The first-order valence-corrected chi connectivity index (χ1v) is 5.82. The lowest BCUT2D eigenvalue weighted by Gasteiger charge is -2.12. The fraction of sp³-hybridized carbons (Fsp3) is 0.600. The molecule has 1 aliphatic heterocycles. The summed E-state index contributed by atoms with van der Waals surface area (Å²) in [6.07, 6.45) is 1.28. The third-order valence-electron chi connectivity index (χ3n) is 3.15. The van der Waals surface area contributed by atoms with Crippen LogP contribution in [0, 0.1) is 0 Å². The molecule has 0 amide bonds. The van der Waals surface area contributed by atoms with E-state index in [-0.39, 0.29) is 17.2 Å². The molecule has 2 aromatic heterocycles. The Bertz CT molecular complexity index is 621. The Hall–Kier alpha value is -1.80. The number of nitrogens with zero attached hydrogens (tertiary/aromatic N) is 4. The van der Waals surface area contributed by atoms with Gasteiger partial charge < -0.3 is 14.8 Å². The molecule has 0 aromatic carbocycles. The number of hydrogen-bond acceptors (Lipinski definition) is 6. The van der Waals surface area contributed by atoms with Crippen LogP contribution in [0.2, 0.25) is 0 Å². The second-order valence-corrected chi connectivity index (χ2v) is 4.28. The van der Waals surface area contributed by atoms with Gasteiger partial charge in [-0.3, -0.25) is 4.79 Å². The number of ether oxygens (including phenoxy) is 1. The molecular formula is C10H13N5O3. The summed E-state index contributed by atoms with van der Waals surface area (Å²) in [4.78, 5) is 18.0. The van der Waals surface area contributed by atoms with E-state index >= 15 is 0 Å². The average molecular weight is 251 g/mol. The van der Waals surface area contributed by atoms with Crippen molar-refractivity contribution in [3.8, 4) is 0 Å². The maximum atomic E-state index is 11.5. The van der Waals surface area contributed by atoms with E-state index in [0.29, 0.717) is 12.1 Å². The molecule has 8 nitrogen and oxygen atoms in total. The molecule has 3 heterocycles. The molecule has 2 aromatic rings. The van der Waals surface area contributed by atoms with Crippen LogP contribution < -0.4 is 5.56 Å². The molecule has 1 aliphatic rings. The topological polar surface area (TPSA) is 106 Å².